The van der Waals surface area contributed by atoms with Gasteiger partial charge in [0, 0.05) is 5.02 Å². The monoisotopic (exact) mass is 210 g/mol. The molecule has 1 rings (SSSR count). The summed E-state index contributed by atoms with van der Waals surface area (Å²) in [6.45, 7) is 4.08. The summed E-state index contributed by atoms with van der Waals surface area (Å²) in [5.41, 5.74) is 5.08. The molecule has 0 saturated heterocycles. The van der Waals surface area contributed by atoms with Crippen LogP contribution in [0, 0.1) is 0 Å². The molecule has 1 unspecified atom stereocenters. The zero-order valence-electron chi connectivity index (χ0n) is 8.42. The predicted octanol–water partition coefficient (Wildman–Crippen LogP) is 2.81. The van der Waals surface area contributed by atoms with E-state index in [1.807, 2.05) is 38.1 Å². The van der Waals surface area contributed by atoms with E-state index in [0.717, 1.165) is 10.6 Å². The van der Waals surface area contributed by atoms with Crippen LogP contribution in [-0.2, 0) is 0 Å². The number of hydrogen-bond donors (Lipinski definition) is 2. The van der Waals surface area contributed by atoms with Crippen molar-refractivity contribution in [3.05, 3.63) is 46.5 Å². The number of hydrogen-bond acceptors (Lipinski definition) is 2. The second-order valence-electron chi connectivity index (χ2n) is 3.44. The molecule has 2 nitrogen and oxygen atoms in total. The summed E-state index contributed by atoms with van der Waals surface area (Å²) >= 11 is 5.80. The zero-order valence-corrected chi connectivity index (χ0v) is 9.18. The van der Waals surface area contributed by atoms with E-state index in [-0.39, 0.29) is 6.04 Å². The number of hydrazine groups is 1. The molecule has 3 heteroatoms. The summed E-state index contributed by atoms with van der Waals surface area (Å²) in [5, 5.41) is 0.738. The molecule has 1 aromatic carbocycles. The summed E-state index contributed by atoms with van der Waals surface area (Å²) in [5.74, 6) is 5.46. The van der Waals surface area contributed by atoms with Crippen LogP contribution in [0.4, 0.5) is 0 Å². The molecular formula is C11H15ClN2. The maximum atomic E-state index is 5.80. The van der Waals surface area contributed by atoms with E-state index >= 15 is 0 Å². The third-order valence-electron chi connectivity index (χ3n) is 1.91. The standard InChI is InChI=1S/C11H15ClN2/c1-8(2)7-11(14-13)9-3-5-10(12)6-4-9/h3-7,11,14H,13H2,1-2H3. The van der Waals surface area contributed by atoms with Gasteiger partial charge in [0.2, 0.25) is 0 Å². The molecule has 0 spiro atoms. The Balaban J connectivity index is 2.90. The lowest BCUT2D eigenvalue weighted by atomic mass is 10.1. The molecule has 1 aromatic rings. The van der Waals surface area contributed by atoms with Gasteiger partial charge in [0.05, 0.1) is 6.04 Å². The van der Waals surface area contributed by atoms with E-state index in [2.05, 4.69) is 11.5 Å². The highest BCUT2D eigenvalue weighted by atomic mass is 35.5. The fourth-order valence-electron chi connectivity index (χ4n) is 1.24. The average Bonchev–Trinajstić information content (AvgIpc) is 2.15. The van der Waals surface area contributed by atoms with Crippen LogP contribution in [-0.4, -0.2) is 0 Å². The van der Waals surface area contributed by atoms with Gasteiger partial charge in [-0.3, -0.25) is 5.84 Å². The van der Waals surface area contributed by atoms with Gasteiger partial charge < -0.3 is 0 Å². The van der Waals surface area contributed by atoms with Crippen LogP contribution in [0.25, 0.3) is 0 Å². The molecule has 0 bridgehead atoms. The van der Waals surface area contributed by atoms with Crippen molar-refractivity contribution in [2.75, 3.05) is 0 Å². The number of allylic oxidation sites excluding steroid dienone is 1. The second-order valence-corrected chi connectivity index (χ2v) is 3.88. The van der Waals surface area contributed by atoms with Crippen LogP contribution in [0.3, 0.4) is 0 Å². The molecule has 76 valence electrons. The molecule has 0 aromatic heterocycles. The van der Waals surface area contributed by atoms with Crippen molar-refractivity contribution in [2.24, 2.45) is 5.84 Å². The Labute approximate surface area is 89.7 Å². The molecule has 0 radical (unpaired) electrons. The molecule has 1 atom stereocenters. The predicted molar refractivity (Wildman–Crippen MR) is 60.9 cm³/mol. The first-order valence-corrected chi connectivity index (χ1v) is 4.88. The molecule has 3 N–H and O–H groups in total. The van der Waals surface area contributed by atoms with E-state index in [0.29, 0.717) is 0 Å². The normalized spacial score (nSPS) is 12.3. The van der Waals surface area contributed by atoms with Crippen LogP contribution < -0.4 is 11.3 Å². The Bertz CT molecular complexity index is 313. The van der Waals surface area contributed by atoms with Gasteiger partial charge in [-0.1, -0.05) is 35.4 Å². The molecule has 0 amide bonds. The minimum atomic E-state index is 0.0530. The maximum absolute atomic E-state index is 5.80. The van der Waals surface area contributed by atoms with Gasteiger partial charge in [-0.05, 0) is 31.5 Å². The van der Waals surface area contributed by atoms with Gasteiger partial charge in [-0.2, -0.15) is 0 Å². The van der Waals surface area contributed by atoms with Gasteiger partial charge >= 0.3 is 0 Å². The molecule has 0 aliphatic rings. The Morgan fingerprint density at radius 1 is 1.36 bits per heavy atom. The van der Waals surface area contributed by atoms with E-state index in [4.69, 9.17) is 17.4 Å². The van der Waals surface area contributed by atoms with Crippen LogP contribution in [0.2, 0.25) is 5.02 Å². The minimum absolute atomic E-state index is 0.0530. The van der Waals surface area contributed by atoms with E-state index in [1.165, 1.54) is 5.57 Å². The zero-order chi connectivity index (χ0) is 10.6. The van der Waals surface area contributed by atoms with Gasteiger partial charge in [0.1, 0.15) is 0 Å². The Morgan fingerprint density at radius 2 is 1.93 bits per heavy atom. The number of rotatable bonds is 3. The quantitative estimate of drug-likeness (QED) is 0.458. The van der Waals surface area contributed by atoms with E-state index in [1.54, 1.807) is 0 Å². The minimum Gasteiger partial charge on any atom is -0.271 e. The third-order valence-corrected chi connectivity index (χ3v) is 2.16. The lowest BCUT2D eigenvalue weighted by molar-refractivity contribution is 0.652. The summed E-state index contributed by atoms with van der Waals surface area (Å²) in [6, 6.07) is 7.70. The summed E-state index contributed by atoms with van der Waals surface area (Å²) < 4.78 is 0. The number of halogens is 1. The molecule has 14 heavy (non-hydrogen) atoms. The molecule has 0 fully saturated rings. The van der Waals surface area contributed by atoms with Crippen molar-refractivity contribution in [1.29, 1.82) is 0 Å². The Morgan fingerprint density at radius 3 is 2.36 bits per heavy atom. The van der Waals surface area contributed by atoms with Crippen LogP contribution in [0.5, 0.6) is 0 Å². The summed E-state index contributed by atoms with van der Waals surface area (Å²) in [7, 11) is 0. The molecule has 0 aliphatic carbocycles. The van der Waals surface area contributed by atoms with Crippen LogP contribution in [0.15, 0.2) is 35.9 Å². The van der Waals surface area contributed by atoms with Gasteiger partial charge in [-0.25, -0.2) is 5.43 Å². The smallest absolute Gasteiger partial charge is 0.0643 e. The number of nitrogens with one attached hydrogen (secondary N) is 1. The maximum Gasteiger partial charge on any atom is 0.0643 e. The van der Waals surface area contributed by atoms with Crippen LogP contribution in [0.1, 0.15) is 25.5 Å². The van der Waals surface area contributed by atoms with Crippen molar-refractivity contribution < 1.29 is 0 Å². The summed E-state index contributed by atoms with van der Waals surface area (Å²) in [6.07, 6.45) is 2.07. The molecule has 0 aliphatic heterocycles. The third kappa shape index (κ3) is 3.14. The lowest BCUT2D eigenvalue weighted by Crippen LogP contribution is -2.26. The van der Waals surface area contributed by atoms with Crippen LogP contribution >= 0.6 is 11.6 Å². The molecule has 0 heterocycles. The van der Waals surface area contributed by atoms with Gasteiger partial charge in [0.15, 0.2) is 0 Å². The topological polar surface area (TPSA) is 38.0 Å². The Hall–Kier alpha value is -0.830. The SMILES string of the molecule is CC(C)=CC(NN)c1ccc(Cl)cc1. The molecule has 0 saturated carbocycles. The van der Waals surface area contributed by atoms with Crippen molar-refractivity contribution >= 4 is 11.6 Å². The second kappa shape index (κ2) is 5.15. The highest BCUT2D eigenvalue weighted by Crippen LogP contribution is 2.17. The molecular weight excluding hydrogens is 196 g/mol. The number of nitrogens with two attached hydrogens (primary N) is 1. The van der Waals surface area contributed by atoms with Crippen molar-refractivity contribution in [3.63, 3.8) is 0 Å². The highest BCUT2D eigenvalue weighted by Gasteiger charge is 2.05. The number of benzene rings is 1. The fraction of sp³-hybridized carbons (Fsp3) is 0.273. The van der Waals surface area contributed by atoms with Gasteiger partial charge in [-0.15, -0.1) is 0 Å². The first kappa shape index (κ1) is 11.2. The van der Waals surface area contributed by atoms with Crippen molar-refractivity contribution in [3.8, 4) is 0 Å². The lowest BCUT2D eigenvalue weighted by Gasteiger charge is -2.12. The van der Waals surface area contributed by atoms with E-state index < -0.39 is 0 Å². The Kier molecular flexibility index (Phi) is 4.14. The van der Waals surface area contributed by atoms with Crippen molar-refractivity contribution in [2.45, 2.75) is 19.9 Å². The highest BCUT2D eigenvalue weighted by molar-refractivity contribution is 6.30. The summed E-state index contributed by atoms with van der Waals surface area (Å²) in [4.78, 5) is 0. The van der Waals surface area contributed by atoms with E-state index in [9.17, 15) is 0 Å². The fourth-order valence-corrected chi connectivity index (χ4v) is 1.37. The average molecular weight is 211 g/mol. The van der Waals surface area contributed by atoms with Gasteiger partial charge in [0.25, 0.3) is 0 Å². The largest absolute Gasteiger partial charge is 0.271 e. The first-order valence-electron chi connectivity index (χ1n) is 4.50. The first-order chi connectivity index (χ1) is 6.63. The van der Waals surface area contributed by atoms with Crippen molar-refractivity contribution in [1.82, 2.24) is 5.43 Å².